The maximum atomic E-state index is 11.9. The topological polar surface area (TPSA) is 115 Å². The van der Waals surface area contributed by atoms with E-state index in [2.05, 4.69) is 15.0 Å². The molecule has 2 saturated heterocycles. The van der Waals surface area contributed by atoms with Crippen molar-refractivity contribution in [3.8, 4) is 0 Å². The first-order valence-electron chi connectivity index (χ1n) is 7.53. The van der Waals surface area contributed by atoms with Gasteiger partial charge < -0.3 is 19.6 Å². The number of nitro groups is 1. The van der Waals surface area contributed by atoms with Crippen LogP contribution in [-0.4, -0.2) is 82.2 Å². The predicted octanol–water partition coefficient (Wildman–Crippen LogP) is -0.185. The Morgan fingerprint density at radius 1 is 1.50 bits per heavy atom. The standard InChI is InChI=1S/C13H18N6O5/c1-16-11(14-7-12(16)19(21)22)6-15-18-9-10(24-13(18)20)8-17-2-4-23-5-3-17/h6-7,10H,2-5,8-9H2,1H3/b15-6-. The molecule has 1 atom stereocenters. The van der Waals surface area contributed by atoms with E-state index in [1.165, 1.54) is 22.8 Å². The van der Waals surface area contributed by atoms with Crippen molar-refractivity contribution < 1.29 is 19.2 Å². The molecular weight excluding hydrogens is 320 g/mol. The molecule has 0 aromatic carbocycles. The number of carbonyl (C=O) groups excluding carboxylic acids is 1. The summed E-state index contributed by atoms with van der Waals surface area (Å²) in [6.45, 7) is 3.96. The molecule has 1 aromatic rings. The van der Waals surface area contributed by atoms with Crippen LogP contribution < -0.4 is 0 Å². The number of imidazole rings is 1. The fraction of sp³-hybridized carbons (Fsp3) is 0.615. The number of amides is 1. The summed E-state index contributed by atoms with van der Waals surface area (Å²) in [6.07, 6.45) is 1.66. The zero-order valence-electron chi connectivity index (χ0n) is 13.2. The van der Waals surface area contributed by atoms with Crippen LogP contribution in [-0.2, 0) is 16.5 Å². The van der Waals surface area contributed by atoms with Crippen LogP contribution >= 0.6 is 0 Å². The highest BCUT2D eigenvalue weighted by molar-refractivity contribution is 5.78. The van der Waals surface area contributed by atoms with Crippen molar-refractivity contribution >= 4 is 18.1 Å². The fourth-order valence-electron chi connectivity index (χ4n) is 2.59. The van der Waals surface area contributed by atoms with Gasteiger partial charge in [0.05, 0.1) is 26.8 Å². The molecule has 24 heavy (non-hydrogen) atoms. The quantitative estimate of drug-likeness (QED) is 0.415. The molecule has 130 valence electrons. The van der Waals surface area contributed by atoms with Crippen molar-refractivity contribution in [2.24, 2.45) is 12.1 Å². The zero-order valence-corrected chi connectivity index (χ0v) is 13.2. The van der Waals surface area contributed by atoms with Crippen molar-refractivity contribution in [1.82, 2.24) is 19.5 Å². The summed E-state index contributed by atoms with van der Waals surface area (Å²) in [5.74, 6) is 0.136. The highest BCUT2D eigenvalue weighted by Crippen LogP contribution is 2.15. The number of nitrogens with zero attached hydrogens (tertiary/aromatic N) is 6. The van der Waals surface area contributed by atoms with Crippen molar-refractivity contribution in [2.45, 2.75) is 6.10 Å². The summed E-state index contributed by atoms with van der Waals surface area (Å²) >= 11 is 0. The van der Waals surface area contributed by atoms with Gasteiger partial charge in [-0.15, -0.1) is 0 Å². The van der Waals surface area contributed by atoms with Gasteiger partial charge in [0.1, 0.15) is 18.5 Å². The number of hydrogen-bond donors (Lipinski definition) is 0. The number of aromatic nitrogens is 2. The van der Waals surface area contributed by atoms with Crippen LogP contribution in [0.5, 0.6) is 0 Å². The number of morpholine rings is 1. The number of hydrazone groups is 1. The first kappa shape index (κ1) is 16.3. The molecular formula is C13H18N6O5. The minimum Gasteiger partial charge on any atom is -0.441 e. The minimum atomic E-state index is -0.535. The summed E-state index contributed by atoms with van der Waals surface area (Å²) in [5.41, 5.74) is 0. The molecule has 0 saturated carbocycles. The lowest BCUT2D eigenvalue weighted by Gasteiger charge is -2.27. The zero-order chi connectivity index (χ0) is 17.1. The molecule has 0 N–H and O–H groups in total. The molecule has 11 nitrogen and oxygen atoms in total. The minimum absolute atomic E-state index is 0.148. The van der Waals surface area contributed by atoms with Gasteiger partial charge in [0.15, 0.2) is 0 Å². The lowest BCUT2D eigenvalue weighted by molar-refractivity contribution is -0.391. The first-order chi connectivity index (χ1) is 11.5. The van der Waals surface area contributed by atoms with E-state index in [0.717, 1.165) is 19.3 Å². The van der Waals surface area contributed by atoms with Gasteiger partial charge in [0, 0.05) is 19.6 Å². The van der Waals surface area contributed by atoms with Crippen LogP contribution in [0.2, 0.25) is 0 Å². The molecule has 0 bridgehead atoms. The van der Waals surface area contributed by atoms with Gasteiger partial charge in [-0.2, -0.15) is 10.1 Å². The van der Waals surface area contributed by atoms with Crippen LogP contribution in [0.1, 0.15) is 5.82 Å². The molecule has 1 amide bonds. The normalized spacial score (nSPS) is 22.3. The number of carbonyl (C=O) groups is 1. The maximum Gasteiger partial charge on any atom is 0.430 e. The Morgan fingerprint density at radius 3 is 2.92 bits per heavy atom. The molecule has 2 aliphatic rings. The van der Waals surface area contributed by atoms with E-state index in [4.69, 9.17) is 9.47 Å². The third kappa shape index (κ3) is 3.51. The van der Waals surface area contributed by atoms with Gasteiger partial charge in [-0.3, -0.25) is 4.90 Å². The van der Waals surface area contributed by atoms with Gasteiger partial charge in [-0.05, 0) is 4.92 Å². The Kier molecular flexibility index (Phi) is 4.71. The second-order valence-corrected chi connectivity index (χ2v) is 5.54. The SMILES string of the molecule is Cn1c([N+](=O)[O-])cnc1/C=N\N1CC(CN2CCOCC2)OC1=O. The van der Waals surface area contributed by atoms with E-state index in [1.54, 1.807) is 0 Å². The molecule has 1 unspecified atom stereocenters. The predicted molar refractivity (Wildman–Crippen MR) is 81.7 cm³/mol. The second-order valence-electron chi connectivity index (χ2n) is 5.54. The van der Waals surface area contributed by atoms with Crippen molar-refractivity contribution in [2.75, 3.05) is 39.4 Å². The summed E-state index contributed by atoms with van der Waals surface area (Å²) in [5, 5.41) is 16.0. The monoisotopic (exact) mass is 338 g/mol. The maximum absolute atomic E-state index is 11.9. The van der Waals surface area contributed by atoms with E-state index in [0.29, 0.717) is 26.3 Å². The van der Waals surface area contributed by atoms with E-state index in [1.807, 2.05) is 0 Å². The summed E-state index contributed by atoms with van der Waals surface area (Å²) in [4.78, 5) is 28.2. The van der Waals surface area contributed by atoms with Crippen molar-refractivity contribution in [3.05, 3.63) is 22.1 Å². The Morgan fingerprint density at radius 2 is 2.25 bits per heavy atom. The van der Waals surface area contributed by atoms with E-state index < -0.39 is 11.0 Å². The van der Waals surface area contributed by atoms with E-state index >= 15 is 0 Å². The van der Waals surface area contributed by atoms with Crippen LogP contribution in [0.15, 0.2) is 11.3 Å². The molecule has 11 heteroatoms. The van der Waals surface area contributed by atoms with Gasteiger partial charge >= 0.3 is 11.9 Å². The Bertz CT molecular complexity index is 653. The molecule has 0 aliphatic carbocycles. The summed E-state index contributed by atoms with van der Waals surface area (Å²) < 4.78 is 11.9. The van der Waals surface area contributed by atoms with Crippen LogP contribution in [0.25, 0.3) is 0 Å². The Hall–Kier alpha value is -2.53. The molecule has 1 aromatic heterocycles. The fourth-order valence-corrected chi connectivity index (χ4v) is 2.59. The average molecular weight is 338 g/mol. The highest BCUT2D eigenvalue weighted by Gasteiger charge is 2.33. The van der Waals surface area contributed by atoms with Gasteiger partial charge in [-0.1, -0.05) is 0 Å². The average Bonchev–Trinajstić information content (AvgIpc) is 3.09. The van der Waals surface area contributed by atoms with Gasteiger partial charge in [0.25, 0.3) is 0 Å². The number of ether oxygens (including phenoxy) is 2. The van der Waals surface area contributed by atoms with Gasteiger partial charge in [-0.25, -0.2) is 14.3 Å². The van der Waals surface area contributed by atoms with Crippen LogP contribution in [0.3, 0.4) is 0 Å². The molecule has 0 spiro atoms. The lowest BCUT2D eigenvalue weighted by Crippen LogP contribution is -2.41. The smallest absolute Gasteiger partial charge is 0.430 e. The molecule has 3 heterocycles. The molecule has 2 aliphatic heterocycles. The van der Waals surface area contributed by atoms with E-state index in [9.17, 15) is 14.9 Å². The van der Waals surface area contributed by atoms with Crippen LogP contribution in [0.4, 0.5) is 10.6 Å². The third-order valence-corrected chi connectivity index (χ3v) is 3.92. The Balaban J connectivity index is 1.59. The third-order valence-electron chi connectivity index (χ3n) is 3.92. The highest BCUT2D eigenvalue weighted by atomic mass is 16.6. The summed E-state index contributed by atoms with van der Waals surface area (Å²) in [6, 6.07) is 0. The Labute approximate surface area is 137 Å². The van der Waals surface area contributed by atoms with Gasteiger partial charge in [0.2, 0.25) is 5.82 Å². The number of rotatable bonds is 5. The molecule has 3 rings (SSSR count). The van der Waals surface area contributed by atoms with E-state index in [-0.39, 0.29) is 17.7 Å². The van der Waals surface area contributed by atoms with Crippen LogP contribution in [0, 0.1) is 10.1 Å². The summed E-state index contributed by atoms with van der Waals surface area (Å²) in [7, 11) is 1.51. The number of cyclic esters (lactones) is 1. The van der Waals surface area contributed by atoms with Crippen molar-refractivity contribution in [1.29, 1.82) is 0 Å². The number of hydrogen-bond acceptors (Lipinski definition) is 8. The lowest BCUT2D eigenvalue weighted by atomic mass is 10.3. The second kappa shape index (κ2) is 6.93. The molecule has 0 radical (unpaired) electrons. The largest absolute Gasteiger partial charge is 0.441 e. The van der Waals surface area contributed by atoms with Crippen molar-refractivity contribution in [3.63, 3.8) is 0 Å². The molecule has 2 fully saturated rings. The first-order valence-corrected chi connectivity index (χ1v) is 7.53.